The highest BCUT2D eigenvalue weighted by atomic mass is 79.9. The maximum absolute atomic E-state index is 13.6. The summed E-state index contributed by atoms with van der Waals surface area (Å²) >= 11 is 3.26. The van der Waals surface area contributed by atoms with Crippen LogP contribution < -0.4 is 0 Å². The fraction of sp³-hybridized carbons (Fsp3) is 0.538. The summed E-state index contributed by atoms with van der Waals surface area (Å²) in [4.78, 5) is 2.17. The molecule has 90 valence electrons. The van der Waals surface area contributed by atoms with Crippen molar-refractivity contribution in [2.24, 2.45) is 5.92 Å². The van der Waals surface area contributed by atoms with E-state index in [9.17, 15) is 4.39 Å². The molecule has 1 unspecified atom stereocenters. The molecule has 0 bridgehead atoms. The van der Waals surface area contributed by atoms with E-state index in [4.69, 9.17) is 0 Å². The Bertz CT molecular complexity index is 341. The summed E-state index contributed by atoms with van der Waals surface area (Å²) in [6.07, 6.45) is 1.16. The molecule has 3 heteroatoms. The Morgan fingerprint density at radius 3 is 2.69 bits per heavy atom. The largest absolute Gasteiger partial charge is 0.302 e. The van der Waals surface area contributed by atoms with E-state index in [1.54, 1.807) is 0 Å². The summed E-state index contributed by atoms with van der Waals surface area (Å²) in [7, 11) is 2.04. The molecule has 1 aromatic rings. The standard InChI is InChI=1S/C13H19BrFN/c1-4-10(2)8-16(3)9-11-5-6-12(14)7-13(11)15/h5-7,10H,4,8-9H2,1-3H3. The molecule has 0 heterocycles. The van der Waals surface area contributed by atoms with Crippen LogP contribution in [-0.2, 0) is 6.54 Å². The highest BCUT2D eigenvalue weighted by Crippen LogP contribution is 2.17. The van der Waals surface area contributed by atoms with Crippen LogP contribution in [-0.4, -0.2) is 18.5 Å². The van der Waals surface area contributed by atoms with Crippen molar-refractivity contribution in [2.45, 2.75) is 26.8 Å². The molecule has 16 heavy (non-hydrogen) atoms. The van der Waals surface area contributed by atoms with Crippen LogP contribution in [0.4, 0.5) is 4.39 Å². The van der Waals surface area contributed by atoms with Gasteiger partial charge in [0.05, 0.1) is 0 Å². The van der Waals surface area contributed by atoms with Crippen molar-refractivity contribution < 1.29 is 4.39 Å². The van der Waals surface area contributed by atoms with Crippen molar-refractivity contribution in [3.63, 3.8) is 0 Å². The number of hydrogen-bond acceptors (Lipinski definition) is 1. The number of benzene rings is 1. The first-order valence-corrected chi connectivity index (χ1v) is 6.44. The molecule has 0 aromatic heterocycles. The summed E-state index contributed by atoms with van der Waals surface area (Å²) in [5.74, 6) is 0.522. The second-order valence-corrected chi connectivity index (χ2v) is 5.36. The summed E-state index contributed by atoms with van der Waals surface area (Å²) in [5, 5.41) is 0. The molecular weight excluding hydrogens is 269 g/mol. The second kappa shape index (κ2) is 6.36. The summed E-state index contributed by atoms with van der Waals surface area (Å²) in [6.45, 7) is 6.07. The minimum atomic E-state index is -0.134. The number of hydrogen-bond donors (Lipinski definition) is 0. The maximum Gasteiger partial charge on any atom is 0.128 e. The zero-order chi connectivity index (χ0) is 12.1. The van der Waals surface area contributed by atoms with E-state index in [-0.39, 0.29) is 5.82 Å². The second-order valence-electron chi connectivity index (χ2n) is 4.45. The fourth-order valence-electron chi connectivity index (χ4n) is 1.67. The van der Waals surface area contributed by atoms with Gasteiger partial charge in [-0.15, -0.1) is 0 Å². The molecule has 0 saturated carbocycles. The molecule has 0 fully saturated rings. The lowest BCUT2D eigenvalue weighted by Gasteiger charge is -2.20. The van der Waals surface area contributed by atoms with Gasteiger partial charge in [-0.3, -0.25) is 0 Å². The molecule has 0 N–H and O–H groups in total. The van der Waals surface area contributed by atoms with Crippen molar-refractivity contribution in [2.75, 3.05) is 13.6 Å². The van der Waals surface area contributed by atoms with E-state index in [2.05, 4.69) is 34.7 Å². The predicted molar refractivity (Wildman–Crippen MR) is 69.9 cm³/mol. The minimum Gasteiger partial charge on any atom is -0.302 e. The van der Waals surface area contributed by atoms with Crippen LogP contribution in [0.15, 0.2) is 22.7 Å². The highest BCUT2D eigenvalue weighted by Gasteiger charge is 2.08. The summed E-state index contributed by atoms with van der Waals surface area (Å²) in [6, 6.07) is 5.24. The van der Waals surface area contributed by atoms with Crippen LogP contribution >= 0.6 is 15.9 Å². The van der Waals surface area contributed by atoms with E-state index >= 15 is 0 Å². The smallest absolute Gasteiger partial charge is 0.128 e. The van der Waals surface area contributed by atoms with Gasteiger partial charge in [-0.25, -0.2) is 4.39 Å². The van der Waals surface area contributed by atoms with Crippen molar-refractivity contribution in [3.8, 4) is 0 Å². The Kier molecular flexibility index (Phi) is 5.42. The van der Waals surface area contributed by atoms with Gasteiger partial charge in [0.25, 0.3) is 0 Å². The molecule has 0 aliphatic rings. The molecule has 1 atom stereocenters. The molecule has 0 spiro atoms. The number of rotatable bonds is 5. The van der Waals surface area contributed by atoms with Gasteiger partial charge in [-0.05, 0) is 25.1 Å². The Morgan fingerprint density at radius 1 is 1.44 bits per heavy atom. The molecule has 1 nitrogen and oxygen atoms in total. The van der Waals surface area contributed by atoms with Gasteiger partial charge in [-0.2, -0.15) is 0 Å². The van der Waals surface area contributed by atoms with Crippen molar-refractivity contribution >= 4 is 15.9 Å². The van der Waals surface area contributed by atoms with Crippen LogP contribution in [0.5, 0.6) is 0 Å². The first kappa shape index (κ1) is 13.7. The summed E-state index contributed by atoms with van der Waals surface area (Å²) < 4.78 is 14.4. The van der Waals surface area contributed by atoms with Gasteiger partial charge in [0.1, 0.15) is 5.82 Å². The Labute approximate surface area is 106 Å². The normalized spacial score (nSPS) is 13.1. The molecule has 1 aromatic carbocycles. The Hall–Kier alpha value is -0.410. The lowest BCUT2D eigenvalue weighted by molar-refractivity contribution is 0.272. The van der Waals surface area contributed by atoms with Crippen molar-refractivity contribution in [3.05, 3.63) is 34.1 Å². The first-order chi connectivity index (χ1) is 7.52. The molecule has 0 saturated heterocycles. The maximum atomic E-state index is 13.6. The zero-order valence-corrected chi connectivity index (χ0v) is 11.7. The monoisotopic (exact) mass is 287 g/mol. The van der Waals surface area contributed by atoms with Gasteiger partial charge < -0.3 is 4.90 Å². The number of nitrogens with zero attached hydrogens (tertiary/aromatic N) is 1. The van der Waals surface area contributed by atoms with Crippen LogP contribution in [0.1, 0.15) is 25.8 Å². The lowest BCUT2D eigenvalue weighted by Crippen LogP contribution is -2.24. The SMILES string of the molecule is CCC(C)CN(C)Cc1ccc(Br)cc1F. The lowest BCUT2D eigenvalue weighted by atomic mass is 10.1. The fourth-order valence-corrected chi connectivity index (χ4v) is 2.00. The molecule has 0 amide bonds. The van der Waals surface area contributed by atoms with Gasteiger partial charge in [0.15, 0.2) is 0 Å². The quantitative estimate of drug-likeness (QED) is 0.789. The van der Waals surface area contributed by atoms with Crippen LogP contribution in [0.2, 0.25) is 0 Å². The van der Waals surface area contributed by atoms with Crippen LogP contribution in [0.3, 0.4) is 0 Å². The third-order valence-corrected chi connectivity index (χ3v) is 3.27. The van der Waals surface area contributed by atoms with Crippen LogP contribution in [0, 0.1) is 11.7 Å². The van der Waals surface area contributed by atoms with Crippen molar-refractivity contribution in [1.29, 1.82) is 0 Å². The van der Waals surface area contributed by atoms with Crippen LogP contribution in [0.25, 0.3) is 0 Å². The highest BCUT2D eigenvalue weighted by molar-refractivity contribution is 9.10. The van der Waals surface area contributed by atoms with E-state index in [0.29, 0.717) is 12.5 Å². The van der Waals surface area contributed by atoms with Gasteiger partial charge in [0.2, 0.25) is 0 Å². The van der Waals surface area contributed by atoms with E-state index < -0.39 is 0 Å². The number of halogens is 2. The van der Waals surface area contributed by atoms with Crippen molar-refractivity contribution in [1.82, 2.24) is 4.90 Å². The summed E-state index contributed by atoms with van der Waals surface area (Å²) in [5.41, 5.74) is 0.758. The third-order valence-electron chi connectivity index (χ3n) is 2.78. The van der Waals surface area contributed by atoms with Gasteiger partial charge in [-0.1, -0.05) is 42.3 Å². The average Bonchev–Trinajstić information content (AvgIpc) is 2.22. The van der Waals surface area contributed by atoms with Gasteiger partial charge in [0, 0.05) is 23.1 Å². The minimum absolute atomic E-state index is 0.134. The molecular formula is C13H19BrFN. The Morgan fingerprint density at radius 2 is 2.12 bits per heavy atom. The Balaban J connectivity index is 2.59. The third kappa shape index (κ3) is 4.22. The van der Waals surface area contributed by atoms with E-state index in [1.807, 2.05) is 19.2 Å². The molecule has 0 aliphatic carbocycles. The topological polar surface area (TPSA) is 3.24 Å². The molecule has 1 rings (SSSR count). The molecule has 0 aliphatic heterocycles. The first-order valence-electron chi connectivity index (χ1n) is 5.65. The van der Waals surface area contributed by atoms with E-state index in [0.717, 1.165) is 23.0 Å². The predicted octanol–water partition coefficient (Wildman–Crippen LogP) is 4.07. The zero-order valence-electron chi connectivity index (χ0n) is 10.1. The molecule has 0 radical (unpaired) electrons. The average molecular weight is 288 g/mol. The van der Waals surface area contributed by atoms with Gasteiger partial charge >= 0.3 is 0 Å². The van der Waals surface area contributed by atoms with E-state index in [1.165, 1.54) is 6.07 Å².